The zero-order chi connectivity index (χ0) is 13.1. The zero-order valence-corrected chi connectivity index (χ0v) is 8.83. The number of rotatable bonds is 4. The van der Waals surface area contributed by atoms with Crippen LogP contribution in [0.25, 0.3) is 0 Å². The van der Waals surface area contributed by atoms with Gasteiger partial charge in [0.05, 0.1) is 10.5 Å². The van der Waals surface area contributed by atoms with E-state index in [0.717, 1.165) is 12.1 Å². The Morgan fingerprint density at radius 2 is 2.00 bits per heavy atom. The second-order valence-electron chi connectivity index (χ2n) is 3.49. The molecular formula is C10H11F3N2O2. The van der Waals surface area contributed by atoms with Gasteiger partial charge >= 0.3 is 6.18 Å². The summed E-state index contributed by atoms with van der Waals surface area (Å²) in [5.74, 6) is 0. The second kappa shape index (κ2) is 5.13. The van der Waals surface area contributed by atoms with Crippen LogP contribution in [0.4, 0.5) is 18.9 Å². The van der Waals surface area contributed by atoms with Crippen LogP contribution in [0.3, 0.4) is 0 Å². The van der Waals surface area contributed by atoms with Crippen molar-refractivity contribution >= 4 is 5.69 Å². The first-order valence-electron chi connectivity index (χ1n) is 4.91. The molecule has 0 aromatic heterocycles. The molecule has 0 spiro atoms. The molecule has 1 aromatic rings. The molecule has 0 saturated carbocycles. The number of nitrogens with zero attached hydrogens (tertiary/aromatic N) is 1. The summed E-state index contributed by atoms with van der Waals surface area (Å²) < 4.78 is 37.1. The molecule has 0 fully saturated rings. The van der Waals surface area contributed by atoms with Crippen molar-refractivity contribution in [2.24, 2.45) is 5.73 Å². The van der Waals surface area contributed by atoms with E-state index in [4.69, 9.17) is 5.73 Å². The first kappa shape index (κ1) is 13.4. The summed E-state index contributed by atoms with van der Waals surface area (Å²) in [6.45, 7) is 0.332. The van der Waals surface area contributed by atoms with Crippen LogP contribution in [0.1, 0.15) is 17.5 Å². The maximum absolute atomic E-state index is 12.4. The molecular weight excluding hydrogens is 237 g/mol. The van der Waals surface area contributed by atoms with Gasteiger partial charge in [-0.05, 0) is 25.5 Å². The molecule has 0 amide bonds. The van der Waals surface area contributed by atoms with Gasteiger partial charge in [0.25, 0.3) is 5.69 Å². The lowest BCUT2D eigenvalue weighted by atomic mass is 10.0. The molecule has 17 heavy (non-hydrogen) atoms. The van der Waals surface area contributed by atoms with Gasteiger partial charge < -0.3 is 5.73 Å². The maximum atomic E-state index is 12.4. The molecule has 0 heterocycles. The molecule has 0 aliphatic heterocycles. The van der Waals surface area contributed by atoms with Gasteiger partial charge in [0, 0.05) is 11.6 Å². The highest BCUT2D eigenvalue weighted by molar-refractivity contribution is 5.44. The van der Waals surface area contributed by atoms with Gasteiger partial charge in [-0.1, -0.05) is 6.07 Å². The number of nitro groups is 1. The summed E-state index contributed by atoms with van der Waals surface area (Å²) in [5, 5.41) is 10.7. The molecule has 0 atom stereocenters. The Labute approximate surface area is 95.4 Å². The molecule has 0 bridgehead atoms. The van der Waals surface area contributed by atoms with Crippen molar-refractivity contribution in [2.45, 2.75) is 19.0 Å². The summed E-state index contributed by atoms with van der Waals surface area (Å²) in [7, 11) is 0. The highest BCUT2D eigenvalue weighted by atomic mass is 19.4. The molecule has 1 rings (SSSR count). The fourth-order valence-corrected chi connectivity index (χ4v) is 1.41. The third-order valence-electron chi connectivity index (χ3n) is 2.26. The summed E-state index contributed by atoms with van der Waals surface area (Å²) in [6, 6.07) is 2.54. The van der Waals surface area contributed by atoms with Crippen molar-refractivity contribution in [1.82, 2.24) is 0 Å². The van der Waals surface area contributed by atoms with E-state index in [2.05, 4.69) is 0 Å². The highest BCUT2D eigenvalue weighted by Gasteiger charge is 2.32. The molecule has 0 aliphatic carbocycles. The zero-order valence-electron chi connectivity index (χ0n) is 8.83. The van der Waals surface area contributed by atoms with E-state index in [1.54, 1.807) is 0 Å². The minimum absolute atomic E-state index is 0.272. The van der Waals surface area contributed by atoms with Gasteiger partial charge in [0.1, 0.15) is 0 Å². The van der Waals surface area contributed by atoms with Crippen LogP contribution >= 0.6 is 0 Å². The average Bonchev–Trinajstić information content (AvgIpc) is 2.24. The minimum atomic E-state index is -4.57. The SMILES string of the molecule is NCCCc1ccc(C(F)(F)F)cc1[N+](=O)[O-]. The normalized spacial score (nSPS) is 11.5. The number of hydrogen-bond acceptors (Lipinski definition) is 3. The topological polar surface area (TPSA) is 69.2 Å². The van der Waals surface area contributed by atoms with E-state index in [1.165, 1.54) is 0 Å². The van der Waals surface area contributed by atoms with Crippen LogP contribution < -0.4 is 5.73 Å². The first-order valence-corrected chi connectivity index (χ1v) is 4.91. The van der Waals surface area contributed by atoms with E-state index in [-0.39, 0.29) is 5.56 Å². The quantitative estimate of drug-likeness (QED) is 0.657. The standard InChI is InChI=1S/C10H11F3N2O2/c11-10(12,13)8-4-3-7(2-1-5-14)9(6-8)15(16)17/h3-4,6H,1-2,5,14H2. The third-order valence-corrected chi connectivity index (χ3v) is 2.26. The molecule has 4 nitrogen and oxygen atoms in total. The summed E-state index contributed by atoms with van der Waals surface area (Å²) in [4.78, 5) is 9.87. The van der Waals surface area contributed by atoms with Crippen LogP contribution in [0.5, 0.6) is 0 Å². The number of benzene rings is 1. The number of nitro benzene ring substituents is 1. The smallest absolute Gasteiger partial charge is 0.330 e. The van der Waals surface area contributed by atoms with Gasteiger partial charge in [-0.2, -0.15) is 13.2 Å². The monoisotopic (exact) mass is 248 g/mol. The lowest BCUT2D eigenvalue weighted by molar-refractivity contribution is -0.385. The summed E-state index contributed by atoms with van der Waals surface area (Å²) in [5.41, 5.74) is 4.00. The largest absolute Gasteiger partial charge is 0.416 e. The number of alkyl halides is 3. The number of hydrogen-bond donors (Lipinski definition) is 1. The van der Waals surface area contributed by atoms with Crippen molar-refractivity contribution in [3.63, 3.8) is 0 Å². The Morgan fingerprint density at radius 1 is 1.35 bits per heavy atom. The van der Waals surface area contributed by atoms with Crippen molar-refractivity contribution < 1.29 is 18.1 Å². The third kappa shape index (κ3) is 3.42. The van der Waals surface area contributed by atoms with E-state index in [0.29, 0.717) is 25.5 Å². The van der Waals surface area contributed by atoms with Gasteiger partial charge in [0.15, 0.2) is 0 Å². The fraction of sp³-hybridized carbons (Fsp3) is 0.400. The molecule has 94 valence electrons. The molecule has 2 N–H and O–H groups in total. The fourth-order valence-electron chi connectivity index (χ4n) is 1.41. The average molecular weight is 248 g/mol. The van der Waals surface area contributed by atoms with Crippen LogP contribution in [0.2, 0.25) is 0 Å². The molecule has 0 aliphatic rings. The maximum Gasteiger partial charge on any atom is 0.416 e. The van der Waals surface area contributed by atoms with Crippen molar-refractivity contribution in [2.75, 3.05) is 6.54 Å². The van der Waals surface area contributed by atoms with Crippen molar-refractivity contribution in [1.29, 1.82) is 0 Å². The van der Waals surface area contributed by atoms with E-state index < -0.39 is 22.4 Å². The van der Waals surface area contributed by atoms with Crippen LogP contribution in [-0.4, -0.2) is 11.5 Å². The lowest BCUT2D eigenvalue weighted by Gasteiger charge is -2.08. The number of aryl methyl sites for hydroxylation is 1. The first-order chi connectivity index (χ1) is 7.86. The van der Waals surface area contributed by atoms with Crippen LogP contribution in [0, 0.1) is 10.1 Å². The lowest BCUT2D eigenvalue weighted by Crippen LogP contribution is -2.08. The van der Waals surface area contributed by atoms with E-state index in [1.807, 2.05) is 0 Å². The minimum Gasteiger partial charge on any atom is -0.330 e. The van der Waals surface area contributed by atoms with Crippen LogP contribution in [-0.2, 0) is 12.6 Å². The molecule has 0 saturated heterocycles. The summed E-state index contributed by atoms with van der Waals surface area (Å²) >= 11 is 0. The Kier molecular flexibility index (Phi) is 4.06. The molecule has 1 aromatic carbocycles. The summed E-state index contributed by atoms with van der Waals surface area (Å²) in [6.07, 6.45) is -3.78. The van der Waals surface area contributed by atoms with Crippen LogP contribution in [0.15, 0.2) is 18.2 Å². The van der Waals surface area contributed by atoms with Gasteiger partial charge in [-0.25, -0.2) is 0 Å². The van der Waals surface area contributed by atoms with Gasteiger partial charge in [0.2, 0.25) is 0 Å². The Balaban J connectivity index is 3.13. The van der Waals surface area contributed by atoms with Crippen molar-refractivity contribution in [3.05, 3.63) is 39.4 Å². The Morgan fingerprint density at radius 3 is 2.47 bits per heavy atom. The van der Waals surface area contributed by atoms with E-state index in [9.17, 15) is 23.3 Å². The Bertz CT molecular complexity index is 419. The van der Waals surface area contributed by atoms with Crippen molar-refractivity contribution in [3.8, 4) is 0 Å². The Hall–Kier alpha value is -1.63. The number of halogens is 3. The second-order valence-corrected chi connectivity index (χ2v) is 3.49. The van der Waals surface area contributed by atoms with E-state index >= 15 is 0 Å². The molecule has 0 unspecified atom stereocenters. The predicted molar refractivity (Wildman–Crippen MR) is 55.5 cm³/mol. The number of nitrogens with two attached hydrogens (primary N) is 1. The predicted octanol–water partition coefficient (Wildman–Crippen LogP) is 2.50. The van der Waals surface area contributed by atoms with Gasteiger partial charge in [-0.3, -0.25) is 10.1 Å². The molecule has 7 heteroatoms. The molecule has 0 radical (unpaired) electrons. The highest BCUT2D eigenvalue weighted by Crippen LogP contribution is 2.33. The van der Waals surface area contributed by atoms with Gasteiger partial charge in [-0.15, -0.1) is 0 Å².